The van der Waals surface area contributed by atoms with E-state index in [2.05, 4.69) is 38.2 Å². The summed E-state index contributed by atoms with van der Waals surface area (Å²) in [6.45, 7) is 7.67. The van der Waals surface area contributed by atoms with E-state index in [1.54, 1.807) is 0 Å². The molecule has 0 heterocycles. The van der Waals surface area contributed by atoms with E-state index in [9.17, 15) is 0 Å². The third-order valence-corrected chi connectivity index (χ3v) is 3.02. The molecule has 3 heteroatoms. The molecule has 0 saturated carbocycles. The monoisotopic (exact) mass is 246 g/mol. The number of benzene rings is 1. The van der Waals surface area contributed by atoms with Crippen LogP contribution in [0.15, 0.2) is 18.2 Å². The van der Waals surface area contributed by atoms with Crippen molar-refractivity contribution >= 4 is 0 Å². The smallest absolute Gasteiger partial charge is 0.122 e. The predicted octanol–water partition coefficient (Wildman–Crippen LogP) is 2.96. The Morgan fingerprint density at radius 3 is 2.83 bits per heavy atom. The molecule has 0 radical (unpaired) electrons. The van der Waals surface area contributed by atoms with E-state index < -0.39 is 0 Å². The standard InChI is InChI=1S/C15H22N2O/c1-4-9-17-14(11-16)8-10-18-15-7-5-6-12(2)13(15)3/h5-7,14,17H,4,8-10H2,1-3H3. The molecule has 1 aromatic rings. The molecule has 0 aliphatic rings. The molecule has 0 saturated heterocycles. The molecule has 1 atom stereocenters. The van der Waals surface area contributed by atoms with Crippen LogP contribution >= 0.6 is 0 Å². The SMILES string of the molecule is CCCNC(C#N)CCOc1cccc(C)c1C. The third kappa shape index (κ3) is 4.38. The molecule has 0 spiro atoms. The fraction of sp³-hybridized carbons (Fsp3) is 0.533. The highest BCUT2D eigenvalue weighted by atomic mass is 16.5. The van der Waals surface area contributed by atoms with Gasteiger partial charge in [-0.05, 0) is 44.0 Å². The van der Waals surface area contributed by atoms with Crippen LogP contribution in [0.5, 0.6) is 5.75 Å². The van der Waals surface area contributed by atoms with Crippen LogP contribution in [0.1, 0.15) is 30.9 Å². The zero-order valence-corrected chi connectivity index (χ0v) is 11.5. The molecular weight excluding hydrogens is 224 g/mol. The molecule has 0 fully saturated rings. The van der Waals surface area contributed by atoms with Gasteiger partial charge in [0.25, 0.3) is 0 Å². The number of hydrogen-bond donors (Lipinski definition) is 1. The Hall–Kier alpha value is -1.53. The van der Waals surface area contributed by atoms with E-state index in [1.165, 1.54) is 11.1 Å². The lowest BCUT2D eigenvalue weighted by Crippen LogP contribution is -2.29. The molecule has 0 aliphatic heterocycles. The van der Waals surface area contributed by atoms with Crippen molar-refractivity contribution in [3.8, 4) is 11.8 Å². The van der Waals surface area contributed by atoms with E-state index >= 15 is 0 Å². The topological polar surface area (TPSA) is 45.0 Å². The minimum atomic E-state index is -0.116. The van der Waals surface area contributed by atoms with Gasteiger partial charge in [0, 0.05) is 6.42 Å². The third-order valence-electron chi connectivity index (χ3n) is 3.02. The molecule has 1 aromatic carbocycles. The molecule has 0 aliphatic carbocycles. The van der Waals surface area contributed by atoms with E-state index in [0.29, 0.717) is 13.0 Å². The Balaban J connectivity index is 2.41. The molecular formula is C15H22N2O. The highest BCUT2D eigenvalue weighted by Gasteiger charge is 2.07. The normalized spacial score (nSPS) is 11.9. The molecule has 3 nitrogen and oxygen atoms in total. The van der Waals surface area contributed by atoms with Crippen LogP contribution < -0.4 is 10.1 Å². The van der Waals surface area contributed by atoms with Crippen LogP contribution in [-0.4, -0.2) is 19.2 Å². The first-order valence-electron chi connectivity index (χ1n) is 6.51. The summed E-state index contributed by atoms with van der Waals surface area (Å²) in [5, 5.41) is 12.2. The van der Waals surface area contributed by atoms with Crippen LogP contribution in [0.3, 0.4) is 0 Å². The quantitative estimate of drug-likeness (QED) is 0.804. The fourth-order valence-corrected chi connectivity index (χ4v) is 1.70. The van der Waals surface area contributed by atoms with Crippen molar-refractivity contribution in [1.29, 1.82) is 5.26 Å². The Kier molecular flexibility index (Phi) is 6.24. The lowest BCUT2D eigenvalue weighted by molar-refractivity contribution is 0.296. The first-order chi connectivity index (χ1) is 8.69. The van der Waals surface area contributed by atoms with E-state index in [4.69, 9.17) is 10.00 Å². The number of nitriles is 1. The number of nitrogens with one attached hydrogen (secondary N) is 1. The molecule has 18 heavy (non-hydrogen) atoms. The fourth-order valence-electron chi connectivity index (χ4n) is 1.70. The van der Waals surface area contributed by atoms with Crippen molar-refractivity contribution < 1.29 is 4.74 Å². The lowest BCUT2D eigenvalue weighted by Gasteiger charge is -2.13. The van der Waals surface area contributed by atoms with Crippen molar-refractivity contribution in [1.82, 2.24) is 5.32 Å². The van der Waals surface area contributed by atoms with Crippen molar-refractivity contribution in [2.45, 2.75) is 39.7 Å². The van der Waals surface area contributed by atoms with E-state index in [-0.39, 0.29) is 6.04 Å². The summed E-state index contributed by atoms with van der Waals surface area (Å²) in [6.07, 6.45) is 1.75. The number of hydrogen-bond acceptors (Lipinski definition) is 3. The van der Waals surface area contributed by atoms with Gasteiger partial charge >= 0.3 is 0 Å². The Labute approximate surface area is 110 Å². The van der Waals surface area contributed by atoms with E-state index in [0.717, 1.165) is 18.7 Å². The largest absolute Gasteiger partial charge is 0.493 e. The Morgan fingerprint density at radius 1 is 1.39 bits per heavy atom. The van der Waals surface area contributed by atoms with Crippen molar-refractivity contribution in [3.05, 3.63) is 29.3 Å². The van der Waals surface area contributed by atoms with Crippen LogP contribution in [0.2, 0.25) is 0 Å². The minimum Gasteiger partial charge on any atom is -0.493 e. The van der Waals surface area contributed by atoms with Gasteiger partial charge in [-0.25, -0.2) is 0 Å². The summed E-state index contributed by atoms with van der Waals surface area (Å²) in [7, 11) is 0. The average Bonchev–Trinajstić information content (AvgIpc) is 2.38. The van der Waals surface area contributed by atoms with Gasteiger partial charge < -0.3 is 10.1 Å². The first kappa shape index (κ1) is 14.5. The van der Waals surface area contributed by atoms with Gasteiger partial charge in [0.2, 0.25) is 0 Å². The molecule has 0 aromatic heterocycles. The highest BCUT2D eigenvalue weighted by molar-refractivity contribution is 5.38. The zero-order chi connectivity index (χ0) is 13.4. The molecule has 1 rings (SSSR count). The summed E-state index contributed by atoms with van der Waals surface area (Å²) >= 11 is 0. The molecule has 1 unspecified atom stereocenters. The van der Waals surface area contributed by atoms with Crippen LogP contribution in [0.25, 0.3) is 0 Å². The van der Waals surface area contributed by atoms with Gasteiger partial charge in [0.1, 0.15) is 5.75 Å². The molecule has 98 valence electrons. The predicted molar refractivity (Wildman–Crippen MR) is 73.7 cm³/mol. The van der Waals surface area contributed by atoms with Gasteiger partial charge in [0.15, 0.2) is 0 Å². The second-order valence-corrected chi connectivity index (χ2v) is 4.47. The van der Waals surface area contributed by atoms with E-state index in [1.807, 2.05) is 12.1 Å². The number of rotatable bonds is 7. The van der Waals surface area contributed by atoms with Gasteiger partial charge in [-0.1, -0.05) is 19.1 Å². The summed E-state index contributed by atoms with van der Waals surface area (Å²) in [6, 6.07) is 8.19. The highest BCUT2D eigenvalue weighted by Crippen LogP contribution is 2.20. The lowest BCUT2D eigenvalue weighted by atomic mass is 10.1. The van der Waals surface area contributed by atoms with Gasteiger partial charge in [0.05, 0.1) is 18.7 Å². The Bertz CT molecular complexity index is 409. The second kappa shape index (κ2) is 7.73. The maximum absolute atomic E-state index is 8.98. The maximum Gasteiger partial charge on any atom is 0.122 e. The number of nitrogens with zero attached hydrogens (tertiary/aromatic N) is 1. The summed E-state index contributed by atoms with van der Waals surface area (Å²) in [5.41, 5.74) is 2.40. The molecule has 0 bridgehead atoms. The Morgan fingerprint density at radius 2 is 2.17 bits per heavy atom. The van der Waals surface area contributed by atoms with Crippen LogP contribution in [0, 0.1) is 25.2 Å². The second-order valence-electron chi connectivity index (χ2n) is 4.47. The molecule has 1 N–H and O–H groups in total. The summed E-state index contributed by atoms with van der Waals surface area (Å²) in [5.74, 6) is 0.919. The van der Waals surface area contributed by atoms with Crippen molar-refractivity contribution in [2.24, 2.45) is 0 Å². The summed E-state index contributed by atoms with van der Waals surface area (Å²) in [4.78, 5) is 0. The average molecular weight is 246 g/mol. The van der Waals surface area contributed by atoms with Gasteiger partial charge in [-0.15, -0.1) is 0 Å². The number of ether oxygens (including phenoxy) is 1. The molecule has 0 amide bonds. The summed E-state index contributed by atoms with van der Waals surface area (Å²) < 4.78 is 5.74. The minimum absolute atomic E-state index is 0.116. The van der Waals surface area contributed by atoms with Crippen LogP contribution in [0.4, 0.5) is 0 Å². The maximum atomic E-state index is 8.98. The van der Waals surface area contributed by atoms with Crippen LogP contribution in [-0.2, 0) is 0 Å². The van der Waals surface area contributed by atoms with Crippen molar-refractivity contribution in [2.75, 3.05) is 13.2 Å². The number of aryl methyl sites for hydroxylation is 1. The van der Waals surface area contributed by atoms with Gasteiger partial charge in [-0.3, -0.25) is 0 Å². The van der Waals surface area contributed by atoms with Crippen molar-refractivity contribution in [3.63, 3.8) is 0 Å². The first-order valence-corrected chi connectivity index (χ1v) is 6.51. The zero-order valence-electron chi connectivity index (χ0n) is 11.5. The van der Waals surface area contributed by atoms with Gasteiger partial charge in [-0.2, -0.15) is 5.26 Å².